The van der Waals surface area contributed by atoms with Crippen LogP contribution in [0.25, 0.3) is 0 Å². The second-order valence-electron chi connectivity index (χ2n) is 18.6. The van der Waals surface area contributed by atoms with Crippen molar-refractivity contribution in [3.8, 4) is 0 Å². The monoisotopic (exact) mass is 741 g/mol. The molecule has 0 radical (unpaired) electrons. The molecule has 17 unspecified atom stereocenters. The number of carbonyl (C=O) groups is 3. The summed E-state index contributed by atoms with van der Waals surface area (Å²) >= 11 is 0. The third-order valence-electron chi connectivity index (χ3n) is 16.1. The Morgan fingerprint density at radius 3 is 1.19 bits per heavy atom. The lowest BCUT2D eigenvalue weighted by molar-refractivity contribution is -0.00606. The number of hydrogen-bond donors (Lipinski definition) is 8. The summed E-state index contributed by atoms with van der Waals surface area (Å²) in [5, 5.41) is 33.1. The minimum Gasteiger partial charge on any atom is -0.445 e. The molecule has 0 aromatic heterocycles. The SMILES string of the molecule is O=C(OC1CCCC2C3NC4NC(NC5NC(NC6NC(NC(N3)C12)C1CCCCC61)C1CCCCC51)C1CCCCC41)N1C(=O)c2ccccc2C1=O. The number of nitrogens with zero attached hydrogens (tertiary/aromatic N) is 1. The number of nitrogens with one attached hydrogen (secondary N) is 8. The van der Waals surface area contributed by atoms with Gasteiger partial charge in [0.1, 0.15) is 6.10 Å². The highest BCUT2D eigenvalue weighted by molar-refractivity contribution is 6.28. The fraction of sp³-hybridized carbons (Fsp3) is 0.780. The molecule has 10 aliphatic rings. The van der Waals surface area contributed by atoms with Crippen molar-refractivity contribution in [2.45, 2.75) is 152 Å². The molecule has 6 heterocycles. The average molecular weight is 742 g/mol. The fourth-order valence-corrected chi connectivity index (χ4v) is 13.7. The molecule has 54 heavy (non-hydrogen) atoms. The molecule has 9 fully saturated rings. The van der Waals surface area contributed by atoms with Crippen LogP contribution in [0.4, 0.5) is 4.79 Å². The predicted octanol–water partition coefficient (Wildman–Crippen LogP) is 3.02. The molecule has 17 atom stereocenters. The van der Waals surface area contributed by atoms with Gasteiger partial charge in [-0.25, -0.2) is 4.79 Å². The molecule has 292 valence electrons. The lowest BCUT2D eigenvalue weighted by Crippen LogP contribution is -2.62. The van der Waals surface area contributed by atoms with Crippen molar-refractivity contribution in [3.05, 3.63) is 35.4 Å². The number of hydrogen-bond acceptors (Lipinski definition) is 12. The molecule has 4 aliphatic carbocycles. The lowest BCUT2D eigenvalue weighted by Gasteiger charge is -2.39. The maximum atomic E-state index is 13.9. The van der Waals surface area contributed by atoms with Crippen LogP contribution in [-0.2, 0) is 4.74 Å². The Kier molecular flexibility index (Phi) is 8.92. The Morgan fingerprint density at radius 2 is 0.796 bits per heavy atom. The van der Waals surface area contributed by atoms with E-state index in [-0.39, 0.29) is 66.1 Å². The molecule has 5 saturated heterocycles. The zero-order valence-electron chi connectivity index (χ0n) is 31.3. The second kappa shape index (κ2) is 13.9. The van der Waals surface area contributed by atoms with E-state index in [0.717, 1.165) is 17.7 Å². The summed E-state index contributed by atoms with van der Waals surface area (Å²) in [5.41, 5.74) is 0.517. The Hall–Kier alpha value is -2.49. The van der Waals surface area contributed by atoms with E-state index >= 15 is 0 Å². The quantitative estimate of drug-likeness (QED) is 0.199. The van der Waals surface area contributed by atoms with E-state index in [9.17, 15) is 14.4 Å². The van der Waals surface area contributed by atoms with Crippen LogP contribution in [0.2, 0.25) is 0 Å². The zero-order chi connectivity index (χ0) is 36.1. The van der Waals surface area contributed by atoms with E-state index in [4.69, 9.17) is 4.74 Å². The molecule has 8 N–H and O–H groups in total. The summed E-state index contributed by atoms with van der Waals surface area (Å²) in [5.74, 6) is 2.42. The Bertz CT molecular complexity index is 1610. The first kappa shape index (κ1) is 34.7. The van der Waals surface area contributed by atoms with Gasteiger partial charge in [0.15, 0.2) is 0 Å². The van der Waals surface area contributed by atoms with Crippen LogP contribution in [0.5, 0.6) is 0 Å². The molecule has 1 aromatic carbocycles. The van der Waals surface area contributed by atoms with Gasteiger partial charge in [-0.05, 0) is 111 Å². The Morgan fingerprint density at radius 1 is 0.463 bits per heavy atom. The molecule has 13 heteroatoms. The molecule has 8 bridgehead atoms. The molecule has 0 spiro atoms. The number of rotatable bonds is 1. The van der Waals surface area contributed by atoms with Crippen LogP contribution in [0.1, 0.15) is 117 Å². The summed E-state index contributed by atoms with van der Waals surface area (Å²) < 4.78 is 6.32. The van der Waals surface area contributed by atoms with Crippen molar-refractivity contribution in [3.63, 3.8) is 0 Å². The van der Waals surface area contributed by atoms with Gasteiger partial charge in [-0.15, -0.1) is 0 Å². The van der Waals surface area contributed by atoms with E-state index in [0.29, 0.717) is 48.1 Å². The summed E-state index contributed by atoms with van der Waals surface area (Å²) in [7, 11) is 0. The van der Waals surface area contributed by atoms with Crippen LogP contribution >= 0.6 is 0 Å². The Balaban J connectivity index is 0.913. The molecule has 1 aromatic rings. The normalized spacial score (nSPS) is 48.1. The summed E-state index contributed by atoms with van der Waals surface area (Å²) in [4.78, 5) is 41.2. The van der Waals surface area contributed by atoms with E-state index in [2.05, 4.69) is 42.5 Å². The number of fused-ring (bicyclic) bond motifs is 21. The zero-order valence-corrected chi connectivity index (χ0v) is 31.3. The van der Waals surface area contributed by atoms with Crippen molar-refractivity contribution >= 4 is 17.9 Å². The van der Waals surface area contributed by atoms with Gasteiger partial charge in [0.05, 0.1) is 60.5 Å². The highest BCUT2D eigenvalue weighted by Gasteiger charge is 2.56. The summed E-state index contributed by atoms with van der Waals surface area (Å²) in [6, 6.07) is 6.65. The maximum Gasteiger partial charge on any atom is 0.424 e. The summed E-state index contributed by atoms with van der Waals surface area (Å²) in [6.45, 7) is 0. The first-order valence-electron chi connectivity index (χ1n) is 21.8. The number of carbonyl (C=O) groups excluding carboxylic acids is 3. The van der Waals surface area contributed by atoms with Crippen molar-refractivity contribution in [2.24, 2.45) is 47.3 Å². The third-order valence-corrected chi connectivity index (χ3v) is 16.1. The van der Waals surface area contributed by atoms with Crippen molar-refractivity contribution in [1.29, 1.82) is 0 Å². The third kappa shape index (κ3) is 5.66. The lowest BCUT2D eigenvalue weighted by atomic mass is 9.75. The van der Waals surface area contributed by atoms with Gasteiger partial charge in [-0.1, -0.05) is 50.7 Å². The molecule has 11 rings (SSSR count). The number of ether oxygens (including phenoxy) is 1. The molecule has 3 amide bonds. The summed E-state index contributed by atoms with van der Waals surface area (Å²) in [6.07, 6.45) is 17.8. The molecule has 13 nitrogen and oxygen atoms in total. The topological polar surface area (TPSA) is 160 Å². The van der Waals surface area contributed by atoms with Gasteiger partial charge >= 0.3 is 6.09 Å². The van der Waals surface area contributed by atoms with E-state index < -0.39 is 24.0 Å². The largest absolute Gasteiger partial charge is 0.445 e. The number of amides is 3. The van der Waals surface area contributed by atoms with Gasteiger partial charge in [-0.3, -0.25) is 52.1 Å². The van der Waals surface area contributed by atoms with Gasteiger partial charge in [0.25, 0.3) is 11.8 Å². The van der Waals surface area contributed by atoms with Crippen LogP contribution < -0.4 is 42.5 Å². The Labute approximate surface area is 318 Å². The van der Waals surface area contributed by atoms with Crippen LogP contribution in [-0.4, -0.2) is 78.2 Å². The number of imide groups is 3. The molecular formula is C41H59N9O4. The fourth-order valence-electron chi connectivity index (χ4n) is 13.7. The van der Waals surface area contributed by atoms with Gasteiger partial charge in [-0.2, -0.15) is 4.90 Å². The first-order chi connectivity index (χ1) is 26.5. The van der Waals surface area contributed by atoms with Gasteiger partial charge in [0, 0.05) is 5.92 Å². The minimum atomic E-state index is -0.851. The smallest absolute Gasteiger partial charge is 0.424 e. The van der Waals surface area contributed by atoms with Crippen molar-refractivity contribution in [1.82, 2.24) is 47.4 Å². The second-order valence-corrected chi connectivity index (χ2v) is 18.6. The van der Waals surface area contributed by atoms with E-state index in [1.54, 1.807) is 24.3 Å². The first-order valence-corrected chi connectivity index (χ1v) is 21.8. The van der Waals surface area contributed by atoms with Gasteiger partial charge < -0.3 is 4.74 Å². The predicted molar refractivity (Wildman–Crippen MR) is 200 cm³/mol. The molecular weight excluding hydrogens is 683 g/mol. The van der Waals surface area contributed by atoms with Crippen LogP contribution in [0.15, 0.2) is 24.3 Å². The maximum absolute atomic E-state index is 13.9. The number of benzene rings is 1. The van der Waals surface area contributed by atoms with Crippen molar-refractivity contribution in [2.75, 3.05) is 0 Å². The van der Waals surface area contributed by atoms with Crippen molar-refractivity contribution < 1.29 is 19.1 Å². The average Bonchev–Trinajstić information content (AvgIpc) is 3.98. The standard InChI is InChI=1S/C41H59N9O4/c51-39-26-16-7-8-17-27(26)40(52)50(39)41(53)54-29-19-9-18-28-30(29)38-48-36-25-15-6-5-14-24(25)34(46-36)44-32-21-11-2-1-10-20(21)31(42-32)43-33-22-12-3-4-13-23(22)35(45-33)47-37(28)49-38/h7-8,16-17,20-25,28-38,42-49H,1-6,9-15,18-19H2. The molecule has 6 aliphatic heterocycles. The van der Waals surface area contributed by atoms with Crippen LogP contribution in [0, 0.1) is 47.3 Å². The minimum absolute atomic E-state index is 0.0224. The van der Waals surface area contributed by atoms with E-state index in [1.165, 1.54) is 77.0 Å². The highest BCUT2D eigenvalue weighted by atomic mass is 16.6. The van der Waals surface area contributed by atoms with E-state index in [1.807, 2.05) is 0 Å². The highest BCUT2D eigenvalue weighted by Crippen LogP contribution is 2.46. The molecule has 4 saturated carbocycles. The van der Waals surface area contributed by atoms with Crippen LogP contribution in [0.3, 0.4) is 0 Å². The van der Waals surface area contributed by atoms with Gasteiger partial charge in [0.2, 0.25) is 0 Å².